The van der Waals surface area contributed by atoms with E-state index in [2.05, 4.69) is 5.32 Å². The molecule has 0 radical (unpaired) electrons. The number of esters is 1. The number of carbonyl (C=O) groups excluding carboxylic acids is 2. The lowest BCUT2D eigenvalue weighted by Crippen LogP contribution is -2.29. The number of ether oxygens (including phenoxy) is 1. The summed E-state index contributed by atoms with van der Waals surface area (Å²) in [6, 6.07) is 0. The predicted octanol–water partition coefficient (Wildman–Crippen LogP) is 1.59. The van der Waals surface area contributed by atoms with E-state index >= 15 is 0 Å². The van der Waals surface area contributed by atoms with Crippen molar-refractivity contribution >= 4 is 23.6 Å². The zero-order chi connectivity index (χ0) is 12.5. The van der Waals surface area contributed by atoms with Crippen LogP contribution in [0.5, 0.6) is 0 Å². The molecular weight excluding hydrogens is 238 g/mol. The second kappa shape index (κ2) is 8.39. The number of carbonyl (C=O) groups is 2. The number of amides is 1. The minimum absolute atomic E-state index is 0.0613. The van der Waals surface area contributed by atoms with Crippen molar-refractivity contribution in [3.63, 3.8) is 0 Å². The molecule has 98 valence electrons. The maximum Gasteiger partial charge on any atom is 0.307 e. The Labute approximate surface area is 107 Å². The van der Waals surface area contributed by atoms with E-state index in [0.29, 0.717) is 25.5 Å². The Morgan fingerprint density at radius 2 is 2.06 bits per heavy atom. The molecule has 4 nitrogen and oxygen atoms in total. The van der Waals surface area contributed by atoms with Crippen LogP contribution in [0.25, 0.3) is 0 Å². The molecule has 1 N–H and O–H groups in total. The van der Waals surface area contributed by atoms with Crippen molar-refractivity contribution in [2.75, 3.05) is 24.7 Å². The summed E-state index contributed by atoms with van der Waals surface area (Å²) < 4.78 is 4.78. The highest BCUT2D eigenvalue weighted by molar-refractivity contribution is 7.99. The Hall–Kier alpha value is -0.710. The third kappa shape index (κ3) is 6.56. The van der Waals surface area contributed by atoms with Crippen molar-refractivity contribution in [2.45, 2.75) is 32.6 Å². The normalized spacial score (nSPS) is 16.5. The largest absolute Gasteiger partial charge is 0.466 e. The summed E-state index contributed by atoms with van der Waals surface area (Å²) in [6.45, 7) is 2.56. The molecule has 0 aromatic carbocycles. The van der Waals surface area contributed by atoms with Gasteiger partial charge in [-0.05, 0) is 37.2 Å². The predicted molar refractivity (Wildman–Crippen MR) is 68.9 cm³/mol. The Balaban J connectivity index is 2.06. The van der Waals surface area contributed by atoms with Gasteiger partial charge in [0.05, 0.1) is 13.0 Å². The highest BCUT2D eigenvalue weighted by Gasteiger charge is 2.17. The highest BCUT2D eigenvalue weighted by atomic mass is 32.2. The van der Waals surface area contributed by atoms with Crippen LogP contribution < -0.4 is 5.32 Å². The number of hydrogen-bond acceptors (Lipinski definition) is 4. The van der Waals surface area contributed by atoms with Crippen LogP contribution in [0, 0.1) is 5.92 Å². The average molecular weight is 259 g/mol. The molecule has 1 amide bonds. The lowest BCUT2D eigenvalue weighted by molar-refractivity contribution is -0.143. The summed E-state index contributed by atoms with van der Waals surface area (Å²) in [7, 11) is 0. The summed E-state index contributed by atoms with van der Waals surface area (Å²) in [5, 5.41) is 2.77. The van der Waals surface area contributed by atoms with Gasteiger partial charge in [0.25, 0.3) is 0 Å². The van der Waals surface area contributed by atoms with Crippen LogP contribution in [-0.2, 0) is 14.3 Å². The molecule has 1 aliphatic rings. The molecule has 0 saturated carbocycles. The smallest absolute Gasteiger partial charge is 0.307 e. The van der Waals surface area contributed by atoms with Gasteiger partial charge in [-0.1, -0.05) is 0 Å². The first kappa shape index (κ1) is 14.4. The first-order valence-electron chi connectivity index (χ1n) is 6.22. The molecule has 0 spiro atoms. The third-order valence-corrected chi connectivity index (χ3v) is 3.82. The summed E-state index contributed by atoms with van der Waals surface area (Å²) in [6.07, 6.45) is 3.13. The van der Waals surface area contributed by atoms with Crippen LogP contribution in [0.15, 0.2) is 0 Å². The van der Waals surface area contributed by atoms with Crippen LogP contribution in [0.1, 0.15) is 32.6 Å². The van der Waals surface area contributed by atoms with Crippen LogP contribution in [0.2, 0.25) is 0 Å². The maximum atomic E-state index is 11.6. The molecule has 17 heavy (non-hydrogen) atoms. The Morgan fingerprint density at radius 3 is 2.71 bits per heavy atom. The van der Waals surface area contributed by atoms with Crippen molar-refractivity contribution in [3.8, 4) is 0 Å². The van der Waals surface area contributed by atoms with Gasteiger partial charge in [0.2, 0.25) is 5.91 Å². The first-order chi connectivity index (χ1) is 8.22. The van der Waals surface area contributed by atoms with E-state index < -0.39 is 0 Å². The van der Waals surface area contributed by atoms with Gasteiger partial charge < -0.3 is 10.1 Å². The second-order valence-corrected chi connectivity index (χ2v) is 5.39. The molecule has 1 fully saturated rings. The van der Waals surface area contributed by atoms with E-state index in [1.165, 1.54) is 11.5 Å². The van der Waals surface area contributed by atoms with Crippen LogP contribution in [0.3, 0.4) is 0 Å². The number of thioether (sulfide) groups is 1. The van der Waals surface area contributed by atoms with Crippen molar-refractivity contribution in [3.05, 3.63) is 0 Å². The third-order valence-electron chi connectivity index (χ3n) is 2.77. The molecule has 1 heterocycles. The van der Waals surface area contributed by atoms with Gasteiger partial charge >= 0.3 is 5.97 Å². The number of hydrogen-bond donors (Lipinski definition) is 1. The van der Waals surface area contributed by atoms with Gasteiger partial charge in [-0.25, -0.2) is 0 Å². The van der Waals surface area contributed by atoms with Crippen LogP contribution in [0.4, 0.5) is 0 Å². The van der Waals surface area contributed by atoms with E-state index in [-0.39, 0.29) is 18.3 Å². The van der Waals surface area contributed by atoms with Gasteiger partial charge in [-0.3, -0.25) is 9.59 Å². The minimum atomic E-state index is -0.248. The average Bonchev–Trinajstić information content (AvgIpc) is 2.30. The molecule has 1 rings (SSSR count). The van der Waals surface area contributed by atoms with Crippen molar-refractivity contribution < 1.29 is 14.3 Å². The summed E-state index contributed by atoms with van der Waals surface area (Å²) in [5.74, 6) is 2.67. The molecule has 0 aromatic rings. The Bertz CT molecular complexity index is 252. The van der Waals surface area contributed by atoms with E-state index in [1.807, 2.05) is 11.8 Å². The van der Waals surface area contributed by atoms with Crippen LogP contribution in [-0.4, -0.2) is 36.5 Å². The molecule has 1 saturated heterocycles. The molecule has 0 aliphatic carbocycles. The van der Waals surface area contributed by atoms with Crippen molar-refractivity contribution in [1.82, 2.24) is 5.32 Å². The lowest BCUT2D eigenvalue weighted by atomic mass is 9.98. The van der Waals surface area contributed by atoms with Gasteiger partial charge in [0, 0.05) is 13.0 Å². The van der Waals surface area contributed by atoms with E-state index in [0.717, 1.165) is 12.8 Å². The molecule has 1 aliphatic heterocycles. The zero-order valence-electron chi connectivity index (χ0n) is 10.4. The molecule has 0 atom stereocenters. The molecule has 0 aromatic heterocycles. The van der Waals surface area contributed by atoms with Crippen molar-refractivity contribution in [1.29, 1.82) is 0 Å². The standard InChI is InChI=1S/C12H21NO3S/c1-2-16-12(15)3-6-13-11(14)9-10-4-7-17-8-5-10/h10H,2-9H2,1H3,(H,13,14). The lowest BCUT2D eigenvalue weighted by Gasteiger charge is -2.20. The topological polar surface area (TPSA) is 55.4 Å². The molecule has 0 bridgehead atoms. The number of nitrogens with one attached hydrogen (secondary N) is 1. The van der Waals surface area contributed by atoms with Crippen molar-refractivity contribution in [2.24, 2.45) is 5.92 Å². The Morgan fingerprint density at radius 1 is 1.35 bits per heavy atom. The fourth-order valence-corrected chi connectivity index (χ4v) is 3.03. The fraction of sp³-hybridized carbons (Fsp3) is 0.833. The SMILES string of the molecule is CCOC(=O)CCNC(=O)CC1CCSCC1. The van der Waals surface area contributed by atoms with Crippen LogP contribution >= 0.6 is 11.8 Å². The van der Waals surface area contributed by atoms with Gasteiger partial charge in [-0.2, -0.15) is 11.8 Å². The number of rotatable bonds is 6. The van der Waals surface area contributed by atoms with Gasteiger partial charge in [0.1, 0.15) is 0 Å². The van der Waals surface area contributed by atoms with Gasteiger partial charge in [-0.15, -0.1) is 0 Å². The van der Waals surface area contributed by atoms with E-state index in [4.69, 9.17) is 4.74 Å². The zero-order valence-corrected chi connectivity index (χ0v) is 11.2. The Kier molecular flexibility index (Phi) is 7.08. The quantitative estimate of drug-likeness (QED) is 0.736. The second-order valence-electron chi connectivity index (χ2n) is 4.16. The maximum absolute atomic E-state index is 11.6. The summed E-state index contributed by atoms with van der Waals surface area (Å²) in [4.78, 5) is 22.6. The summed E-state index contributed by atoms with van der Waals surface area (Å²) >= 11 is 1.96. The molecular formula is C12H21NO3S. The highest BCUT2D eigenvalue weighted by Crippen LogP contribution is 2.24. The summed E-state index contributed by atoms with van der Waals surface area (Å²) in [5.41, 5.74) is 0. The van der Waals surface area contributed by atoms with E-state index in [1.54, 1.807) is 6.92 Å². The monoisotopic (exact) mass is 259 g/mol. The molecule has 0 unspecified atom stereocenters. The molecule has 5 heteroatoms. The fourth-order valence-electron chi connectivity index (χ4n) is 1.82. The minimum Gasteiger partial charge on any atom is -0.466 e. The van der Waals surface area contributed by atoms with Gasteiger partial charge in [0.15, 0.2) is 0 Å². The first-order valence-corrected chi connectivity index (χ1v) is 7.38. The van der Waals surface area contributed by atoms with E-state index in [9.17, 15) is 9.59 Å².